The first-order valence-corrected chi connectivity index (χ1v) is 9.51. The topological polar surface area (TPSA) is 21.3 Å². The molecule has 1 aromatic rings. The standard InChI is InChI=1S/C18H29NOS/c1-18(2)13-15-9-8-10-16(17(15)20-18)14-19-11-6-4-5-7-12-21-3/h8-10,19H,4-7,11-14H2,1-3H3. The molecule has 2 rings (SSSR count). The van der Waals surface area contributed by atoms with Crippen LogP contribution in [0.1, 0.15) is 50.7 Å². The van der Waals surface area contributed by atoms with E-state index < -0.39 is 0 Å². The maximum absolute atomic E-state index is 6.11. The third kappa shape index (κ3) is 5.23. The molecule has 0 fully saturated rings. The minimum absolute atomic E-state index is 0.0459. The number of ether oxygens (including phenoxy) is 1. The van der Waals surface area contributed by atoms with Gasteiger partial charge in [0.05, 0.1) is 0 Å². The van der Waals surface area contributed by atoms with Crippen LogP contribution in [0.4, 0.5) is 0 Å². The lowest BCUT2D eigenvalue weighted by Gasteiger charge is -2.18. The molecule has 1 heterocycles. The molecule has 1 aromatic carbocycles. The molecule has 0 saturated heterocycles. The van der Waals surface area contributed by atoms with Crippen LogP contribution in [0.15, 0.2) is 18.2 Å². The quantitative estimate of drug-likeness (QED) is 0.683. The van der Waals surface area contributed by atoms with Crippen LogP contribution in [0.2, 0.25) is 0 Å². The van der Waals surface area contributed by atoms with E-state index in [2.05, 4.69) is 43.6 Å². The maximum Gasteiger partial charge on any atom is 0.127 e. The first-order valence-electron chi connectivity index (χ1n) is 8.12. The van der Waals surface area contributed by atoms with Gasteiger partial charge in [0, 0.05) is 18.5 Å². The number of unbranched alkanes of at least 4 members (excludes halogenated alkanes) is 3. The molecule has 0 atom stereocenters. The lowest BCUT2D eigenvalue weighted by molar-refractivity contribution is 0.137. The van der Waals surface area contributed by atoms with Gasteiger partial charge in [-0.2, -0.15) is 11.8 Å². The second-order valence-electron chi connectivity index (χ2n) is 6.53. The van der Waals surface area contributed by atoms with E-state index in [4.69, 9.17) is 4.74 Å². The SMILES string of the molecule is CSCCCCCCNCc1cccc2c1OC(C)(C)C2. The number of hydrogen-bond donors (Lipinski definition) is 1. The predicted octanol–water partition coefficient (Wildman–Crippen LogP) is 4.41. The summed E-state index contributed by atoms with van der Waals surface area (Å²) < 4.78 is 6.11. The second kappa shape index (κ2) is 8.09. The molecule has 0 radical (unpaired) electrons. The molecule has 0 amide bonds. The van der Waals surface area contributed by atoms with Gasteiger partial charge >= 0.3 is 0 Å². The van der Waals surface area contributed by atoms with Gasteiger partial charge in [-0.15, -0.1) is 0 Å². The van der Waals surface area contributed by atoms with Crippen molar-refractivity contribution in [3.05, 3.63) is 29.3 Å². The molecule has 0 aromatic heterocycles. The Labute approximate surface area is 134 Å². The summed E-state index contributed by atoms with van der Waals surface area (Å²) >= 11 is 1.95. The Kier molecular flexibility index (Phi) is 6.43. The van der Waals surface area contributed by atoms with Crippen LogP contribution in [0.5, 0.6) is 5.75 Å². The van der Waals surface area contributed by atoms with Crippen molar-refractivity contribution in [2.75, 3.05) is 18.6 Å². The van der Waals surface area contributed by atoms with Crippen molar-refractivity contribution in [3.8, 4) is 5.75 Å². The Hall–Kier alpha value is -0.670. The van der Waals surface area contributed by atoms with E-state index in [9.17, 15) is 0 Å². The van der Waals surface area contributed by atoms with Gasteiger partial charge in [-0.25, -0.2) is 0 Å². The Morgan fingerprint density at radius 1 is 1.19 bits per heavy atom. The largest absolute Gasteiger partial charge is 0.487 e. The molecule has 21 heavy (non-hydrogen) atoms. The van der Waals surface area contributed by atoms with Crippen molar-refractivity contribution in [2.24, 2.45) is 0 Å². The molecule has 0 unspecified atom stereocenters. The van der Waals surface area contributed by atoms with Gasteiger partial charge in [0.15, 0.2) is 0 Å². The normalized spacial score (nSPS) is 15.8. The minimum atomic E-state index is -0.0459. The van der Waals surface area contributed by atoms with Gasteiger partial charge in [-0.3, -0.25) is 0 Å². The summed E-state index contributed by atoms with van der Waals surface area (Å²) in [5, 5.41) is 3.56. The molecule has 0 aliphatic carbocycles. The number of thioether (sulfide) groups is 1. The fourth-order valence-electron chi connectivity index (χ4n) is 2.89. The number of hydrogen-bond acceptors (Lipinski definition) is 3. The highest BCUT2D eigenvalue weighted by atomic mass is 32.2. The van der Waals surface area contributed by atoms with Gasteiger partial charge in [0.1, 0.15) is 11.4 Å². The summed E-state index contributed by atoms with van der Waals surface area (Å²) in [6, 6.07) is 6.54. The predicted molar refractivity (Wildman–Crippen MR) is 93.4 cm³/mol. The molecule has 2 nitrogen and oxygen atoms in total. The van der Waals surface area contributed by atoms with Crippen molar-refractivity contribution in [1.29, 1.82) is 0 Å². The van der Waals surface area contributed by atoms with Crippen molar-refractivity contribution >= 4 is 11.8 Å². The number of nitrogens with one attached hydrogen (secondary N) is 1. The molecule has 0 spiro atoms. The first-order chi connectivity index (χ1) is 10.1. The summed E-state index contributed by atoms with van der Waals surface area (Å²) in [6.45, 7) is 6.36. The Morgan fingerprint density at radius 3 is 2.81 bits per heavy atom. The van der Waals surface area contributed by atoms with Gasteiger partial charge in [0.2, 0.25) is 0 Å². The van der Waals surface area contributed by atoms with E-state index in [1.165, 1.54) is 42.6 Å². The molecule has 0 bridgehead atoms. The second-order valence-corrected chi connectivity index (χ2v) is 7.51. The molecule has 1 N–H and O–H groups in total. The summed E-state index contributed by atoms with van der Waals surface area (Å²) in [5.74, 6) is 2.42. The van der Waals surface area contributed by atoms with E-state index in [1.807, 2.05) is 11.8 Å². The van der Waals surface area contributed by atoms with Crippen LogP contribution in [0, 0.1) is 0 Å². The summed E-state index contributed by atoms with van der Waals surface area (Å²) in [5.41, 5.74) is 2.62. The summed E-state index contributed by atoms with van der Waals surface area (Å²) in [4.78, 5) is 0. The molecular weight excluding hydrogens is 278 g/mol. The highest BCUT2D eigenvalue weighted by Crippen LogP contribution is 2.37. The fourth-order valence-corrected chi connectivity index (χ4v) is 3.38. The van der Waals surface area contributed by atoms with E-state index >= 15 is 0 Å². The van der Waals surface area contributed by atoms with Crippen LogP contribution in [0.25, 0.3) is 0 Å². The van der Waals surface area contributed by atoms with Crippen LogP contribution < -0.4 is 10.1 Å². The van der Waals surface area contributed by atoms with Crippen molar-refractivity contribution in [3.63, 3.8) is 0 Å². The highest BCUT2D eigenvalue weighted by molar-refractivity contribution is 7.98. The minimum Gasteiger partial charge on any atom is -0.487 e. The molecule has 3 heteroatoms. The molecule has 118 valence electrons. The highest BCUT2D eigenvalue weighted by Gasteiger charge is 2.31. The number of para-hydroxylation sites is 1. The van der Waals surface area contributed by atoms with E-state index in [1.54, 1.807) is 0 Å². The fraction of sp³-hybridized carbons (Fsp3) is 0.667. The maximum atomic E-state index is 6.11. The monoisotopic (exact) mass is 307 g/mol. The van der Waals surface area contributed by atoms with E-state index in [0.29, 0.717) is 0 Å². The molecule has 1 aliphatic rings. The van der Waals surface area contributed by atoms with Crippen molar-refractivity contribution < 1.29 is 4.74 Å². The molecule has 0 saturated carbocycles. The average molecular weight is 308 g/mol. The van der Waals surface area contributed by atoms with E-state index in [-0.39, 0.29) is 5.60 Å². The van der Waals surface area contributed by atoms with Crippen molar-refractivity contribution in [1.82, 2.24) is 5.32 Å². The molecule has 1 aliphatic heterocycles. The number of fused-ring (bicyclic) bond motifs is 1. The lowest BCUT2D eigenvalue weighted by Crippen LogP contribution is -2.25. The summed E-state index contributed by atoms with van der Waals surface area (Å²) in [6.07, 6.45) is 8.53. The third-order valence-electron chi connectivity index (χ3n) is 3.94. The van der Waals surface area contributed by atoms with Gasteiger partial charge in [0.25, 0.3) is 0 Å². The summed E-state index contributed by atoms with van der Waals surface area (Å²) in [7, 11) is 0. The van der Waals surface area contributed by atoms with Gasteiger partial charge < -0.3 is 10.1 Å². The van der Waals surface area contributed by atoms with Gasteiger partial charge in [-0.1, -0.05) is 31.0 Å². The Morgan fingerprint density at radius 2 is 2.00 bits per heavy atom. The van der Waals surface area contributed by atoms with Crippen LogP contribution in [-0.4, -0.2) is 24.2 Å². The van der Waals surface area contributed by atoms with Crippen LogP contribution >= 0.6 is 11.8 Å². The zero-order chi connectivity index (χ0) is 15.1. The van der Waals surface area contributed by atoms with Crippen molar-refractivity contribution in [2.45, 2.75) is 58.1 Å². The zero-order valence-electron chi connectivity index (χ0n) is 13.7. The number of rotatable bonds is 9. The van der Waals surface area contributed by atoms with E-state index in [0.717, 1.165) is 25.3 Å². The zero-order valence-corrected chi connectivity index (χ0v) is 14.5. The molecular formula is C18H29NOS. The number of benzene rings is 1. The lowest BCUT2D eigenvalue weighted by atomic mass is 10.0. The third-order valence-corrected chi connectivity index (χ3v) is 4.64. The Balaban J connectivity index is 1.70. The van der Waals surface area contributed by atoms with Crippen LogP contribution in [-0.2, 0) is 13.0 Å². The average Bonchev–Trinajstić information content (AvgIpc) is 2.76. The smallest absolute Gasteiger partial charge is 0.127 e. The van der Waals surface area contributed by atoms with Crippen LogP contribution in [0.3, 0.4) is 0 Å². The Bertz CT molecular complexity index is 445. The van der Waals surface area contributed by atoms with Gasteiger partial charge in [-0.05, 0) is 50.8 Å². The first kappa shape index (κ1) is 16.7.